The molecule has 1 aliphatic rings. The lowest BCUT2D eigenvalue weighted by Gasteiger charge is -2.19. The largest absolute Gasteiger partial charge is 0.465 e. The van der Waals surface area contributed by atoms with Gasteiger partial charge in [0.1, 0.15) is 6.04 Å². The van der Waals surface area contributed by atoms with Crippen molar-refractivity contribution in [2.45, 2.75) is 19.9 Å². The predicted octanol–water partition coefficient (Wildman–Crippen LogP) is 2.46. The van der Waals surface area contributed by atoms with Crippen molar-refractivity contribution < 1.29 is 28.7 Å². The first-order chi connectivity index (χ1) is 11.9. The second-order valence-electron chi connectivity index (χ2n) is 5.09. The summed E-state index contributed by atoms with van der Waals surface area (Å²) in [6.07, 6.45) is 1.53. The second-order valence-corrected chi connectivity index (χ2v) is 6.09. The van der Waals surface area contributed by atoms with Crippen LogP contribution in [-0.2, 0) is 19.1 Å². The molecule has 0 bridgehead atoms. The summed E-state index contributed by atoms with van der Waals surface area (Å²) in [5, 5.41) is -0.525. The molecule has 7 nitrogen and oxygen atoms in total. The Morgan fingerprint density at radius 1 is 1.24 bits per heavy atom. The van der Waals surface area contributed by atoms with Gasteiger partial charge < -0.3 is 9.47 Å². The van der Waals surface area contributed by atoms with E-state index in [4.69, 9.17) is 4.74 Å². The normalized spacial score (nSPS) is 16.9. The molecule has 0 saturated carbocycles. The fraction of sp³-hybridized carbons (Fsp3) is 0.294. The van der Waals surface area contributed by atoms with Crippen LogP contribution in [0.2, 0.25) is 0 Å². The van der Waals surface area contributed by atoms with Crippen LogP contribution in [0.1, 0.15) is 29.8 Å². The Kier molecular flexibility index (Phi) is 5.97. The van der Waals surface area contributed by atoms with Crippen molar-refractivity contribution in [3.05, 3.63) is 40.3 Å². The van der Waals surface area contributed by atoms with E-state index < -0.39 is 29.1 Å². The molecule has 0 spiro atoms. The van der Waals surface area contributed by atoms with Crippen molar-refractivity contribution in [2.75, 3.05) is 13.7 Å². The zero-order chi connectivity index (χ0) is 18.6. The number of carbonyl (C=O) groups excluding carboxylic acids is 4. The summed E-state index contributed by atoms with van der Waals surface area (Å²) in [6.45, 7) is 3.26. The van der Waals surface area contributed by atoms with Crippen LogP contribution < -0.4 is 0 Å². The third-order valence-electron chi connectivity index (χ3n) is 3.47. The molecular weight excluding hydrogens is 346 g/mol. The molecular formula is C17H17NO6S. The van der Waals surface area contributed by atoms with Crippen LogP contribution in [-0.4, -0.2) is 47.7 Å². The first-order valence-electron chi connectivity index (χ1n) is 7.51. The monoisotopic (exact) mass is 363 g/mol. The molecule has 0 radical (unpaired) electrons. The number of hydrogen-bond acceptors (Lipinski definition) is 7. The maximum Gasteiger partial charge on any atom is 0.337 e. The van der Waals surface area contributed by atoms with E-state index >= 15 is 0 Å². The minimum Gasteiger partial charge on any atom is -0.465 e. The van der Waals surface area contributed by atoms with Gasteiger partial charge in [-0.1, -0.05) is 12.1 Å². The summed E-state index contributed by atoms with van der Waals surface area (Å²) in [6, 6.07) is 5.40. The van der Waals surface area contributed by atoms with Gasteiger partial charge in [0.15, 0.2) is 0 Å². The van der Waals surface area contributed by atoms with Gasteiger partial charge in [-0.15, -0.1) is 0 Å². The van der Waals surface area contributed by atoms with E-state index in [1.165, 1.54) is 20.1 Å². The van der Waals surface area contributed by atoms with Crippen LogP contribution in [0.25, 0.3) is 6.08 Å². The van der Waals surface area contributed by atoms with E-state index in [9.17, 15) is 19.2 Å². The van der Waals surface area contributed by atoms with E-state index in [1.54, 1.807) is 31.2 Å². The first kappa shape index (κ1) is 18.7. The molecule has 1 fully saturated rings. The predicted molar refractivity (Wildman–Crippen MR) is 91.7 cm³/mol. The van der Waals surface area contributed by atoms with Crippen molar-refractivity contribution in [3.63, 3.8) is 0 Å². The molecule has 2 amide bonds. The molecule has 25 heavy (non-hydrogen) atoms. The Morgan fingerprint density at radius 3 is 2.44 bits per heavy atom. The molecule has 1 aliphatic heterocycles. The molecule has 0 aliphatic carbocycles. The van der Waals surface area contributed by atoms with Crippen molar-refractivity contribution in [1.82, 2.24) is 4.90 Å². The highest BCUT2D eigenvalue weighted by molar-refractivity contribution is 8.18. The topological polar surface area (TPSA) is 90.0 Å². The Balaban J connectivity index is 2.19. The molecule has 1 heterocycles. The number of ether oxygens (including phenoxy) is 2. The zero-order valence-corrected chi connectivity index (χ0v) is 14.8. The molecule has 2 rings (SSSR count). The van der Waals surface area contributed by atoms with Gasteiger partial charge in [-0.3, -0.25) is 14.5 Å². The van der Waals surface area contributed by atoms with Crippen LogP contribution in [0.15, 0.2) is 29.2 Å². The van der Waals surface area contributed by atoms with Crippen LogP contribution in [0, 0.1) is 0 Å². The summed E-state index contributed by atoms with van der Waals surface area (Å²) in [5.41, 5.74) is 1.02. The van der Waals surface area contributed by atoms with E-state index in [0.29, 0.717) is 11.1 Å². The van der Waals surface area contributed by atoms with Crippen molar-refractivity contribution >= 4 is 40.9 Å². The number of thioether (sulfide) groups is 1. The quantitative estimate of drug-likeness (QED) is 0.586. The van der Waals surface area contributed by atoms with E-state index in [-0.39, 0.29) is 11.5 Å². The van der Waals surface area contributed by atoms with Crippen LogP contribution >= 0.6 is 11.8 Å². The zero-order valence-electron chi connectivity index (χ0n) is 14.0. The Bertz CT molecular complexity index is 740. The lowest BCUT2D eigenvalue weighted by atomic mass is 10.1. The van der Waals surface area contributed by atoms with Gasteiger partial charge >= 0.3 is 11.9 Å². The molecule has 132 valence electrons. The standard InChI is InChI=1S/C17H17NO6S/c1-4-24-15(20)10(2)18-14(19)13(25-17(18)22)9-11-5-7-12(8-6-11)16(21)23-3/h5-10H,4H2,1-3H3/b13-9+/t10-/m1/s1. The molecule has 1 atom stereocenters. The number of methoxy groups -OCH3 is 1. The van der Waals surface area contributed by atoms with Crippen LogP contribution in [0.3, 0.4) is 0 Å². The van der Waals surface area contributed by atoms with Gasteiger partial charge in [0, 0.05) is 0 Å². The highest BCUT2D eigenvalue weighted by Gasteiger charge is 2.41. The number of imide groups is 1. The maximum atomic E-state index is 12.4. The summed E-state index contributed by atoms with van der Waals surface area (Å²) in [5.74, 6) is -1.64. The number of carbonyl (C=O) groups is 4. The van der Waals surface area contributed by atoms with Crippen molar-refractivity contribution in [3.8, 4) is 0 Å². The van der Waals surface area contributed by atoms with Gasteiger partial charge in [-0.25, -0.2) is 9.59 Å². The molecule has 8 heteroatoms. The van der Waals surface area contributed by atoms with Gasteiger partial charge in [0.2, 0.25) is 0 Å². The summed E-state index contributed by atoms with van der Waals surface area (Å²) >= 11 is 0.755. The highest BCUT2D eigenvalue weighted by atomic mass is 32.2. The smallest absolute Gasteiger partial charge is 0.337 e. The highest BCUT2D eigenvalue weighted by Crippen LogP contribution is 2.33. The van der Waals surface area contributed by atoms with Crippen molar-refractivity contribution in [2.24, 2.45) is 0 Å². The van der Waals surface area contributed by atoms with E-state index in [2.05, 4.69) is 4.74 Å². The molecule has 1 aromatic rings. The van der Waals surface area contributed by atoms with E-state index in [1.807, 2.05) is 0 Å². The van der Waals surface area contributed by atoms with Gasteiger partial charge in [-0.05, 0) is 49.4 Å². The van der Waals surface area contributed by atoms with Gasteiger partial charge in [0.05, 0.1) is 24.2 Å². The molecule has 0 unspecified atom stereocenters. The fourth-order valence-electron chi connectivity index (χ4n) is 2.17. The SMILES string of the molecule is CCOC(=O)[C@@H](C)N1C(=O)S/C(=C/c2ccc(C(=O)OC)cc2)C1=O. The molecule has 0 N–H and O–H groups in total. The third kappa shape index (κ3) is 4.08. The summed E-state index contributed by atoms with van der Waals surface area (Å²) in [7, 11) is 1.29. The lowest BCUT2D eigenvalue weighted by molar-refractivity contribution is -0.150. The Morgan fingerprint density at radius 2 is 1.88 bits per heavy atom. The van der Waals surface area contributed by atoms with Gasteiger partial charge in [0.25, 0.3) is 11.1 Å². The average molecular weight is 363 g/mol. The minimum absolute atomic E-state index is 0.168. The van der Waals surface area contributed by atoms with Crippen LogP contribution in [0.5, 0.6) is 0 Å². The van der Waals surface area contributed by atoms with Gasteiger partial charge in [-0.2, -0.15) is 0 Å². The minimum atomic E-state index is -0.986. The van der Waals surface area contributed by atoms with Crippen molar-refractivity contribution in [1.29, 1.82) is 0 Å². The third-order valence-corrected chi connectivity index (χ3v) is 4.35. The fourth-order valence-corrected chi connectivity index (χ4v) is 3.07. The maximum absolute atomic E-state index is 12.4. The first-order valence-corrected chi connectivity index (χ1v) is 8.32. The Labute approximate surface area is 149 Å². The molecule has 1 saturated heterocycles. The van der Waals surface area contributed by atoms with Crippen LogP contribution in [0.4, 0.5) is 4.79 Å². The number of amides is 2. The number of esters is 2. The molecule has 1 aromatic carbocycles. The number of benzene rings is 1. The number of rotatable bonds is 5. The number of nitrogens with zero attached hydrogens (tertiary/aromatic N) is 1. The second kappa shape index (κ2) is 7.98. The Hall–Kier alpha value is -2.61. The summed E-state index contributed by atoms with van der Waals surface area (Å²) < 4.78 is 9.47. The number of hydrogen-bond donors (Lipinski definition) is 0. The molecule has 0 aromatic heterocycles. The summed E-state index contributed by atoms with van der Waals surface area (Å²) in [4.78, 5) is 48.8. The van der Waals surface area contributed by atoms with E-state index in [0.717, 1.165) is 16.7 Å². The lowest BCUT2D eigenvalue weighted by Crippen LogP contribution is -2.42. The average Bonchev–Trinajstić information content (AvgIpc) is 2.88.